The fraction of sp³-hybridized carbons (Fsp3) is 0.645. The molecule has 2 N–H and O–H groups in total. The average molecular weight is 478 g/mol. The molecule has 6 rings (SSSR count). The van der Waals surface area contributed by atoms with E-state index in [0.29, 0.717) is 5.41 Å². The van der Waals surface area contributed by atoms with Gasteiger partial charge in [0.25, 0.3) is 0 Å². The molecule has 0 aliphatic heterocycles. The number of carboxylic acids is 1. The van der Waals surface area contributed by atoms with Crippen LogP contribution < -0.4 is 10.1 Å². The second-order valence-electron chi connectivity index (χ2n) is 12.9. The molecule has 2 bridgehead atoms. The van der Waals surface area contributed by atoms with Crippen LogP contribution in [0.25, 0.3) is 10.8 Å². The van der Waals surface area contributed by atoms with Gasteiger partial charge in [-0.2, -0.15) is 0 Å². The highest BCUT2D eigenvalue weighted by Gasteiger charge is 2.52. The lowest BCUT2D eigenvalue weighted by Gasteiger charge is -2.52. The molecule has 4 heteroatoms. The summed E-state index contributed by atoms with van der Waals surface area (Å²) in [4.78, 5) is 11.9. The quantitative estimate of drug-likeness (QED) is 0.455. The predicted molar refractivity (Wildman–Crippen MR) is 142 cm³/mol. The first kappa shape index (κ1) is 24.6. The van der Waals surface area contributed by atoms with Crippen LogP contribution in [-0.2, 0) is 11.3 Å². The summed E-state index contributed by atoms with van der Waals surface area (Å²) in [5.74, 6) is 1.22. The number of ether oxygens (including phenoxy) is 1. The number of aliphatic carboxylic acids is 1. The summed E-state index contributed by atoms with van der Waals surface area (Å²) < 4.78 is 6.78. The normalized spacial score (nSPS) is 31.0. The average Bonchev–Trinajstić information content (AvgIpc) is 2.85. The van der Waals surface area contributed by atoms with Crippen molar-refractivity contribution in [3.63, 3.8) is 0 Å². The van der Waals surface area contributed by atoms with Gasteiger partial charge in [-0.3, -0.25) is 4.79 Å². The number of hydrogen-bond acceptors (Lipinski definition) is 3. The van der Waals surface area contributed by atoms with Gasteiger partial charge in [0.2, 0.25) is 0 Å². The van der Waals surface area contributed by atoms with Gasteiger partial charge in [-0.05, 0) is 105 Å². The maximum Gasteiger partial charge on any atom is 0.309 e. The van der Waals surface area contributed by atoms with Crippen LogP contribution in [0.2, 0.25) is 0 Å². The van der Waals surface area contributed by atoms with E-state index in [0.717, 1.165) is 69.6 Å². The fourth-order valence-corrected chi connectivity index (χ4v) is 7.15. The molecule has 0 radical (unpaired) electrons. The van der Waals surface area contributed by atoms with Gasteiger partial charge in [0.1, 0.15) is 5.75 Å². The van der Waals surface area contributed by atoms with Crippen LogP contribution in [-0.4, -0.2) is 22.7 Å². The maximum atomic E-state index is 11.9. The van der Waals surface area contributed by atoms with Crippen LogP contribution in [0.5, 0.6) is 5.75 Å². The van der Waals surface area contributed by atoms with Gasteiger partial charge in [0, 0.05) is 17.6 Å². The third-order valence-electron chi connectivity index (χ3n) is 9.85. The number of carboxylic acid groups (broad SMARTS) is 1. The minimum atomic E-state index is -0.591. The monoisotopic (exact) mass is 477 g/mol. The van der Waals surface area contributed by atoms with Crippen molar-refractivity contribution in [3.05, 3.63) is 41.5 Å². The highest BCUT2D eigenvalue weighted by atomic mass is 16.5. The van der Waals surface area contributed by atoms with Crippen molar-refractivity contribution in [2.24, 2.45) is 16.7 Å². The van der Waals surface area contributed by atoms with Crippen LogP contribution in [0.3, 0.4) is 0 Å². The summed E-state index contributed by atoms with van der Waals surface area (Å²) in [5, 5.41) is 16.3. The highest BCUT2D eigenvalue weighted by Crippen LogP contribution is 2.52. The van der Waals surface area contributed by atoms with E-state index in [1.165, 1.54) is 34.7 Å². The Balaban J connectivity index is 1.36. The molecule has 0 spiro atoms. The van der Waals surface area contributed by atoms with Gasteiger partial charge in [-0.1, -0.05) is 45.0 Å². The molecule has 0 amide bonds. The zero-order valence-electron chi connectivity index (χ0n) is 22.1. The Morgan fingerprint density at radius 3 is 2.17 bits per heavy atom. The Morgan fingerprint density at radius 1 is 1.00 bits per heavy atom. The molecule has 0 aromatic heterocycles. The Morgan fingerprint density at radius 2 is 1.60 bits per heavy atom. The molecule has 4 nitrogen and oxygen atoms in total. The first-order chi connectivity index (χ1) is 16.6. The van der Waals surface area contributed by atoms with Crippen molar-refractivity contribution >= 4 is 16.7 Å². The van der Waals surface area contributed by atoms with E-state index in [1.54, 1.807) is 0 Å². The standard InChI is InChI=1S/C31H43NO3/c1-21-19-27(35-23-11-9-22(10-12-23)29(2,3)4)26(25-8-6-5-7-24(21)25)20-32-31-16-13-30(14-17-31,15-18-31)28(33)34/h5-8,19,22-23,32H,9-18,20H2,1-4H3,(H,33,34). The SMILES string of the molecule is Cc1cc(OC2CCC(C(C)(C)C)CC2)c(CNC23CCC(C(=O)O)(CC2)CC3)c2ccccc12. The smallest absolute Gasteiger partial charge is 0.309 e. The molecule has 4 saturated carbocycles. The third-order valence-corrected chi connectivity index (χ3v) is 9.85. The Labute approximate surface area is 210 Å². The van der Waals surface area contributed by atoms with Gasteiger partial charge in [-0.15, -0.1) is 0 Å². The maximum absolute atomic E-state index is 11.9. The van der Waals surface area contributed by atoms with Crippen molar-refractivity contribution in [2.45, 2.75) is 110 Å². The number of rotatable bonds is 6. The lowest BCUT2D eigenvalue weighted by atomic mass is 9.57. The summed E-state index contributed by atoms with van der Waals surface area (Å²) in [6.45, 7) is 10.1. The molecular weight excluding hydrogens is 434 g/mol. The van der Waals surface area contributed by atoms with E-state index < -0.39 is 11.4 Å². The number of hydrogen-bond donors (Lipinski definition) is 2. The van der Waals surface area contributed by atoms with Crippen LogP contribution in [0.1, 0.15) is 96.1 Å². The van der Waals surface area contributed by atoms with Gasteiger partial charge >= 0.3 is 5.97 Å². The van der Waals surface area contributed by atoms with Crippen molar-refractivity contribution in [1.82, 2.24) is 5.32 Å². The minimum Gasteiger partial charge on any atom is -0.490 e. The van der Waals surface area contributed by atoms with Crippen molar-refractivity contribution < 1.29 is 14.6 Å². The van der Waals surface area contributed by atoms with Crippen LogP contribution in [0.4, 0.5) is 0 Å². The molecule has 35 heavy (non-hydrogen) atoms. The first-order valence-corrected chi connectivity index (χ1v) is 13.8. The summed E-state index contributed by atoms with van der Waals surface area (Å²) in [6, 6.07) is 11.0. The van der Waals surface area contributed by atoms with E-state index in [4.69, 9.17) is 4.74 Å². The molecule has 0 unspecified atom stereocenters. The zero-order chi connectivity index (χ0) is 24.8. The van der Waals surface area contributed by atoms with Crippen molar-refractivity contribution in [2.75, 3.05) is 0 Å². The second-order valence-corrected chi connectivity index (χ2v) is 12.9. The highest BCUT2D eigenvalue weighted by molar-refractivity contribution is 5.90. The van der Waals surface area contributed by atoms with Gasteiger partial charge < -0.3 is 15.2 Å². The van der Waals surface area contributed by atoms with Crippen molar-refractivity contribution in [3.8, 4) is 5.75 Å². The molecule has 4 fully saturated rings. The largest absolute Gasteiger partial charge is 0.490 e. The zero-order valence-corrected chi connectivity index (χ0v) is 22.1. The topological polar surface area (TPSA) is 58.6 Å². The van der Waals surface area contributed by atoms with E-state index in [-0.39, 0.29) is 11.6 Å². The number of fused-ring (bicyclic) bond motifs is 4. The predicted octanol–water partition coefficient (Wildman–Crippen LogP) is 7.40. The molecule has 2 aromatic carbocycles. The number of benzene rings is 2. The van der Waals surface area contributed by atoms with Crippen LogP contribution in [0.15, 0.2) is 30.3 Å². The molecule has 4 aliphatic rings. The molecular formula is C31H43NO3. The number of nitrogens with one attached hydrogen (secondary N) is 1. The molecule has 0 saturated heterocycles. The molecule has 190 valence electrons. The molecule has 2 aromatic rings. The van der Waals surface area contributed by atoms with Crippen LogP contribution >= 0.6 is 0 Å². The summed E-state index contributed by atoms with van der Waals surface area (Å²) in [5.41, 5.74) is 2.49. The summed E-state index contributed by atoms with van der Waals surface area (Å²) in [7, 11) is 0. The molecule has 0 atom stereocenters. The first-order valence-electron chi connectivity index (χ1n) is 13.8. The van der Waals surface area contributed by atoms with Gasteiger partial charge in [-0.25, -0.2) is 0 Å². The number of aryl methyl sites for hydroxylation is 1. The minimum absolute atomic E-state index is 0.0607. The Bertz CT molecular complexity index is 1070. The van der Waals surface area contributed by atoms with E-state index >= 15 is 0 Å². The third kappa shape index (κ3) is 4.71. The van der Waals surface area contributed by atoms with E-state index in [9.17, 15) is 9.90 Å². The lowest BCUT2D eigenvalue weighted by molar-refractivity contribution is -0.156. The molecule has 4 aliphatic carbocycles. The summed E-state index contributed by atoms with van der Waals surface area (Å²) >= 11 is 0. The fourth-order valence-electron chi connectivity index (χ4n) is 7.15. The van der Waals surface area contributed by atoms with E-state index in [2.05, 4.69) is 63.3 Å². The van der Waals surface area contributed by atoms with Crippen LogP contribution in [0, 0.1) is 23.7 Å². The summed E-state index contributed by atoms with van der Waals surface area (Å²) in [6.07, 6.45) is 10.3. The Kier molecular flexibility index (Phi) is 6.40. The Hall–Kier alpha value is -2.07. The molecule has 0 heterocycles. The van der Waals surface area contributed by atoms with E-state index in [1.807, 2.05) is 0 Å². The second kappa shape index (κ2) is 9.10. The lowest BCUT2D eigenvalue weighted by Crippen LogP contribution is -2.56. The van der Waals surface area contributed by atoms with Gasteiger partial charge in [0.05, 0.1) is 11.5 Å². The number of carbonyl (C=O) groups is 1. The van der Waals surface area contributed by atoms with Gasteiger partial charge in [0.15, 0.2) is 0 Å². The van der Waals surface area contributed by atoms with Crippen molar-refractivity contribution in [1.29, 1.82) is 0 Å².